The van der Waals surface area contributed by atoms with Gasteiger partial charge < -0.3 is 9.84 Å². The second-order valence-corrected chi connectivity index (χ2v) is 4.21. The number of aromatic nitrogens is 1. The largest absolute Gasteiger partial charge is 0.494 e. The van der Waals surface area contributed by atoms with Crippen molar-refractivity contribution in [2.24, 2.45) is 0 Å². The zero-order chi connectivity index (χ0) is 13.8. The summed E-state index contributed by atoms with van der Waals surface area (Å²) in [5.74, 6) is -0.379. The van der Waals surface area contributed by atoms with E-state index in [1.54, 1.807) is 24.3 Å². The van der Waals surface area contributed by atoms with Gasteiger partial charge in [0.15, 0.2) is 0 Å². The Hall–Kier alpha value is -2.07. The molecule has 1 N–H and O–H groups in total. The summed E-state index contributed by atoms with van der Waals surface area (Å²) in [6, 6.07) is 6.81. The van der Waals surface area contributed by atoms with Crippen LogP contribution >= 0.6 is 11.6 Å². The molecule has 98 valence electrons. The normalized spacial score (nSPS) is 10.2. The first-order valence-electron chi connectivity index (χ1n) is 5.73. The first-order valence-corrected chi connectivity index (χ1v) is 6.11. The Morgan fingerprint density at radius 1 is 1.37 bits per heavy atom. The molecule has 19 heavy (non-hydrogen) atoms. The Morgan fingerprint density at radius 2 is 2.16 bits per heavy atom. The lowest BCUT2D eigenvalue weighted by Crippen LogP contribution is -2.00. The molecule has 0 unspecified atom stereocenters. The molecule has 0 radical (unpaired) electrons. The van der Waals surface area contributed by atoms with E-state index in [9.17, 15) is 4.79 Å². The van der Waals surface area contributed by atoms with Gasteiger partial charge in [-0.3, -0.25) is 4.98 Å². The highest BCUT2D eigenvalue weighted by Crippen LogP contribution is 2.32. The van der Waals surface area contributed by atoms with Crippen LogP contribution in [0, 0.1) is 0 Å². The van der Waals surface area contributed by atoms with Crippen molar-refractivity contribution < 1.29 is 14.6 Å². The number of carboxylic acids is 1. The van der Waals surface area contributed by atoms with E-state index in [1.165, 1.54) is 12.4 Å². The van der Waals surface area contributed by atoms with Crippen LogP contribution < -0.4 is 4.74 Å². The third kappa shape index (κ3) is 2.85. The van der Waals surface area contributed by atoms with Gasteiger partial charge in [0.25, 0.3) is 0 Å². The van der Waals surface area contributed by atoms with Gasteiger partial charge in [-0.25, -0.2) is 4.79 Å². The number of nitrogens with zero attached hydrogens (tertiary/aromatic N) is 1. The van der Waals surface area contributed by atoms with E-state index in [2.05, 4.69) is 4.98 Å². The second-order valence-electron chi connectivity index (χ2n) is 3.80. The molecular weight excluding hydrogens is 266 g/mol. The molecule has 0 aliphatic rings. The van der Waals surface area contributed by atoms with Crippen molar-refractivity contribution >= 4 is 17.6 Å². The molecule has 1 heterocycles. The summed E-state index contributed by atoms with van der Waals surface area (Å²) in [6.07, 6.45) is 2.85. The van der Waals surface area contributed by atoms with Crippen molar-refractivity contribution in [1.29, 1.82) is 0 Å². The van der Waals surface area contributed by atoms with Crippen molar-refractivity contribution in [2.75, 3.05) is 6.61 Å². The molecule has 4 nitrogen and oxygen atoms in total. The van der Waals surface area contributed by atoms with Crippen LogP contribution in [-0.2, 0) is 0 Å². The summed E-state index contributed by atoms with van der Waals surface area (Å²) in [6.45, 7) is 2.43. The van der Waals surface area contributed by atoms with Gasteiger partial charge in [-0.05, 0) is 31.2 Å². The molecule has 5 heteroatoms. The van der Waals surface area contributed by atoms with Gasteiger partial charge in [0.1, 0.15) is 5.75 Å². The van der Waals surface area contributed by atoms with Crippen LogP contribution in [0.1, 0.15) is 17.3 Å². The summed E-state index contributed by atoms with van der Waals surface area (Å²) < 4.78 is 5.34. The van der Waals surface area contributed by atoms with E-state index in [4.69, 9.17) is 21.4 Å². The monoisotopic (exact) mass is 277 g/mol. The topological polar surface area (TPSA) is 59.4 Å². The summed E-state index contributed by atoms with van der Waals surface area (Å²) in [7, 11) is 0. The molecule has 1 aromatic heterocycles. The van der Waals surface area contributed by atoms with Crippen molar-refractivity contribution in [1.82, 2.24) is 4.98 Å². The molecule has 0 saturated carbocycles. The van der Waals surface area contributed by atoms with Gasteiger partial charge in [0.05, 0.1) is 17.2 Å². The molecule has 1 aromatic carbocycles. The maximum absolute atomic E-state index is 11.2. The molecule has 0 fully saturated rings. The highest BCUT2D eigenvalue weighted by molar-refractivity contribution is 6.33. The fourth-order valence-electron chi connectivity index (χ4n) is 1.77. The predicted octanol–water partition coefficient (Wildman–Crippen LogP) is 3.50. The molecule has 0 atom stereocenters. The Bertz CT molecular complexity index is 613. The SMILES string of the molecule is CCOc1ccc(-c2ccncc2C(=O)O)c(Cl)c1. The molecule has 0 aliphatic heterocycles. The standard InChI is InChI=1S/C14H12ClNO3/c1-2-19-9-3-4-11(13(15)7-9)10-5-6-16-8-12(10)14(17)18/h3-8H,2H2,1H3,(H,17,18). The highest BCUT2D eigenvalue weighted by Gasteiger charge is 2.14. The maximum atomic E-state index is 11.2. The average molecular weight is 278 g/mol. The first kappa shape index (κ1) is 13.4. The Kier molecular flexibility index (Phi) is 4.02. The van der Waals surface area contributed by atoms with E-state index in [1.807, 2.05) is 6.92 Å². The van der Waals surface area contributed by atoms with Crippen molar-refractivity contribution in [3.63, 3.8) is 0 Å². The number of halogens is 1. The molecule has 0 saturated heterocycles. The van der Waals surface area contributed by atoms with E-state index in [-0.39, 0.29) is 5.56 Å². The predicted molar refractivity (Wildman–Crippen MR) is 72.8 cm³/mol. The highest BCUT2D eigenvalue weighted by atomic mass is 35.5. The van der Waals surface area contributed by atoms with E-state index < -0.39 is 5.97 Å². The lowest BCUT2D eigenvalue weighted by atomic mass is 10.0. The molecule has 0 aliphatic carbocycles. The van der Waals surface area contributed by atoms with Crippen molar-refractivity contribution in [2.45, 2.75) is 6.92 Å². The van der Waals surface area contributed by atoms with Gasteiger partial charge in [-0.1, -0.05) is 11.6 Å². The van der Waals surface area contributed by atoms with Crippen LogP contribution in [0.25, 0.3) is 11.1 Å². The number of benzene rings is 1. The Labute approximate surface area is 115 Å². The van der Waals surface area contributed by atoms with Crippen LogP contribution in [0.5, 0.6) is 5.75 Å². The van der Waals surface area contributed by atoms with Crippen LogP contribution in [0.15, 0.2) is 36.7 Å². The smallest absolute Gasteiger partial charge is 0.337 e. The lowest BCUT2D eigenvalue weighted by Gasteiger charge is -2.10. The van der Waals surface area contributed by atoms with Gasteiger partial charge in [-0.15, -0.1) is 0 Å². The fourth-order valence-corrected chi connectivity index (χ4v) is 2.04. The number of ether oxygens (including phenoxy) is 1. The van der Waals surface area contributed by atoms with E-state index in [0.717, 1.165) is 0 Å². The minimum Gasteiger partial charge on any atom is -0.494 e. The summed E-state index contributed by atoms with van der Waals surface area (Å²) in [5, 5.41) is 9.59. The zero-order valence-electron chi connectivity index (χ0n) is 10.3. The molecule has 2 rings (SSSR count). The van der Waals surface area contributed by atoms with E-state index in [0.29, 0.717) is 28.5 Å². The van der Waals surface area contributed by atoms with Gasteiger partial charge in [-0.2, -0.15) is 0 Å². The van der Waals surface area contributed by atoms with Crippen LogP contribution in [-0.4, -0.2) is 22.7 Å². The minimum atomic E-state index is -1.03. The number of hydrogen-bond donors (Lipinski definition) is 1. The number of carboxylic acid groups (broad SMARTS) is 1. The number of pyridine rings is 1. The van der Waals surface area contributed by atoms with Crippen LogP contribution in [0.3, 0.4) is 0 Å². The lowest BCUT2D eigenvalue weighted by molar-refractivity contribution is 0.0697. The summed E-state index contributed by atoms with van der Waals surface area (Å²) >= 11 is 6.18. The van der Waals surface area contributed by atoms with Gasteiger partial charge in [0, 0.05) is 23.5 Å². The maximum Gasteiger partial charge on any atom is 0.337 e. The average Bonchev–Trinajstić information content (AvgIpc) is 2.39. The quantitative estimate of drug-likeness (QED) is 0.929. The Balaban J connectivity index is 2.50. The number of hydrogen-bond acceptors (Lipinski definition) is 3. The van der Waals surface area contributed by atoms with Gasteiger partial charge in [0.2, 0.25) is 0 Å². The molecule has 0 bridgehead atoms. The Morgan fingerprint density at radius 3 is 2.79 bits per heavy atom. The second kappa shape index (κ2) is 5.71. The third-order valence-corrected chi connectivity index (χ3v) is 2.91. The molecule has 0 amide bonds. The number of carbonyl (C=O) groups is 1. The van der Waals surface area contributed by atoms with Crippen LogP contribution in [0.4, 0.5) is 0 Å². The number of rotatable bonds is 4. The van der Waals surface area contributed by atoms with Gasteiger partial charge >= 0.3 is 5.97 Å². The molecule has 2 aromatic rings. The summed E-state index contributed by atoms with van der Waals surface area (Å²) in [4.78, 5) is 15.0. The fraction of sp³-hybridized carbons (Fsp3) is 0.143. The zero-order valence-corrected chi connectivity index (χ0v) is 11.0. The first-order chi connectivity index (χ1) is 9.13. The van der Waals surface area contributed by atoms with Crippen molar-refractivity contribution in [3.8, 4) is 16.9 Å². The minimum absolute atomic E-state index is 0.119. The van der Waals surface area contributed by atoms with Crippen LogP contribution in [0.2, 0.25) is 5.02 Å². The number of aromatic carboxylic acids is 1. The molecule has 0 spiro atoms. The van der Waals surface area contributed by atoms with Crippen molar-refractivity contribution in [3.05, 3.63) is 47.2 Å². The third-order valence-electron chi connectivity index (χ3n) is 2.59. The van der Waals surface area contributed by atoms with E-state index >= 15 is 0 Å². The molecular formula is C14H12ClNO3. The summed E-state index contributed by atoms with van der Waals surface area (Å²) in [5.41, 5.74) is 1.30.